The molecule has 0 spiro atoms. The van der Waals surface area contributed by atoms with Crippen LogP contribution in [-0.2, 0) is 0 Å². The monoisotopic (exact) mass is 117 g/mol. The third kappa shape index (κ3) is 0.992. The molecule has 2 N–H and O–H groups in total. The molecule has 3 nitrogen and oxygen atoms in total. The number of hydrogen-bond acceptors (Lipinski definition) is 3. The second-order valence-electron chi connectivity index (χ2n) is 2.36. The summed E-state index contributed by atoms with van der Waals surface area (Å²) in [6.07, 6.45) is -1.06. The highest BCUT2D eigenvalue weighted by Gasteiger charge is 2.26. The predicted molar refractivity (Wildman–Crippen MR) is 29.5 cm³/mol. The zero-order valence-electron chi connectivity index (χ0n) is 4.91. The second-order valence-corrected chi connectivity index (χ2v) is 2.36. The van der Waals surface area contributed by atoms with Crippen LogP contribution < -0.4 is 0 Å². The molecule has 0 aromatic rings. The zero-order valence-corrected chi connectivity index (χ0v) is 4.91. The van der Waals surface area contributed by atoms with Gasteiger partial charge in [0.15, 0.2) is 0 Å². The highest BCUT2D eigenvalue weighted by atomic mass is 16.3. The first-order chi connectivity index (χ1) is 3.70. The average Bonchev–Trinajstić information content (AvgIpc) is 1.85. The van der Waals surface area contributed by atoms with Gasteiger partial charge in [0.2, 0.25) is 0 Å². The van der Waals surface area contributed by atoms with Gasteiger partial charge < -0.3 is 15.1 Å². The molecule has 8 heavy (non-hydrogen) atoms. The summed E-state index contributed by atoms with van der Waals surface area (Å²) in [6.45, 7) is 1.20. The molecule has 1 rings (SSSR count). The Labute approximate surface area is 48.5 Å². The van der Waals surface area contributed by atoms with Gasteiger partial charge in [0, 0.05) is 13.1 Å². The number of hydrogen-bond donors (Lipinski definition) is 2. The highest BCUT2D eigenvalue weighted by molar-refractivity contribution is 4.80. The van der Waals surface area contributed by atoms with E-state index in [-0.39, 0.29) is 0 Å². The summed E-state index contributed by atoms with van der Waals surface area (Å²) in [5.74, 6) is 0. The fourth-order valence-corrected chi connectivity index (χ4v) is 0.957. The lowest BCUT2D eigenvalue weighted by Gasteiger charge is -2.02. The van der Waals surface area contributed by atoms with E-state index in [4.69, 9.17) is 10.2 Å². The van der Waals surface area contributed by atoms with Crippen molar-refractivity contribution in [2.45, 2.75) is 12.2 Å². The molecule has 2 atom stereocenters. The first-order valence-corrected chi connectivity index (χ1v) is 2.75. The Bertz CT molecular complexity index is 76.5. The Morgan fingerprint density at radius 2 is 1.62 bits per heavy atom. The SMILES string of the molecule is CN1C[C@@H](O)[C@H](O)C1. The van der Waals surface area contributed by atoms with Gasteiger partial charge in [-0.3, -0.25) is 0 Å². The van der Waals surface area contributed by atoms with Crippen LogP contribution in [0.4, 0.5) is 0 Å². The number of β-amino-alcohol motifs (C(OH)–C–C–N with tert-alkyl or cyclic N) is 2. The molecule has 0 saturated carbocycles. The van der Waals surface area contributed by atoms with Crippen molar-refractivity contribution in [2.75, 3.05) is 20.1 Å². The van der Waals surface area contributed by atoms with Crippen LogP contribution in [0.15, 0.2) is 0 Å². The Morgan fingerprint density at radius 3 is 1.75 bits per heavy atom. The third-order valence-corrected chi connectivity index (χ3v) is 1.44. The summed E-state index contributed by atoms with van der Waals surface area (Å²) in [4.78, 5) is 1.90. The summed E-state index contributed by atoms with van der Waals surface area (Å²) in [5.41, 5.74) is 0. The Kier molecular flexibility index (Phi) is 1.51. The van der Waals surface area contributed by atoms with E-state index in [0.717, 1.165) is 0 Å². The van der Waals surface area contributed by atoms with Gasteiger partial charge in [-0.1, -0.05) is 0 Å². The normalized spacial score (nSPS) is 40.9. The van der Waals surface area contributed by atoms with E-state index in [1.54, 1.807) is 0 Å². The summed E-state index contributed by atoms with van der Waals surface area (Å²) >= 11 is 0. The van der Waals surface area contributed by atoms with Crippen LogP contribution in [0.25, 0.3) is 0 Å². The van der Waals surface area contributed by atoms with Gasteiger partial charge in [0.25, 0.3) is 0 Å². The quantitative estimate of drug-likeness (QED) is 0.412. The van der Waals surface area contributed by atoms with Crippen LogP contribution in [0.1, 0.15) is 0 Å². The van der Waals surface area contributed by atoms with Gasteiger partial charge in [-0.15, -0.1) is 0 Å². The van der Waals surface area contributed by atoms with Crippen LogP contribution in [-0.4, -0.2) is 47.5 Å². The lowest BCUT2D eigenvalue weighted by Crippen LogP contribution is -2.22. The van der Waals surface area contributed by atoms with Crippen molar-refractivity contribution < 1.29 is 10.2 Å². The van der Waals surface area contributed by atoms with Crippen molar-refractivity contribution in [3.63, 3.8) is 0 Å². The molecule has 0 aromatic heterocycles. The average molecular weight is 117 g/mol. The second kappa shape index (κ2) is 2.01. The Morgan fingerprint density at radius 1 is 1.25 bits per heavy atom. The highest BCUT2D eigenvalue weighted by Crippen LogP contribution is 2.05. The third-order valence-electron chi connectivity index (χ3n) is 1.44. The molecule has 1 aliphatic rings. The van der Waals surface area contributed by atoms with Crippen LogP contribution >= 0.6 is 0 Å². The van der Waals surface area contributed by atoms with Crippen LogP contribution in [0.5, 0.6) is 0 Å². The number of likely N-dealkylation sites (N-methyl/N-ethyl adjacent to an activating group) is 1. The zero-order chi connectivity index (χ0) is 6.15. The lowest BCUT2D eigenvalue weighted by molar-refractivity contribution is 0.0572. The van der Waals surface area contributed by atoms with Crippen molar-refractivity contribution in [3.8, 4) is 0 Å². The topological polar surface area (TPSA) is 43.7 Å². The van der Waals surface area contributed by atoms with Crippen molar-refractivity contribution >= 4 is 0 Å². The minimum atomic E-state index is -0.528. The number of rotatable bonds is 0. The van der Waals surface area contributed by atoms with Gasteiger partial charge in [0.05, 0.1) is 12.2 Å². The molecular weight excluding hydrogens is 106 g/mol. The first kappa shape index (κ1) is 6.01. The Balaban J connectivity index is 2.39. The minimum absolute atomic E-state index is 0.528. The largest absolute Gasteiger partial charge is 0.389 e. The van der Waals surface area contributed by atoms with E-state index in [1.807, 2.05) is 11.9 Å². The van der Waals surface area contributed by atoms with Crippen LogP contribution in [0.3, 0.4) is 0 Å². The maximum absolute atomic E-state index is 8.88. The number of aliphatic hydroxyl groups excluding tert-OH is 2. The number of aliphatic hydroxyl groups is 2. The van der Waals surface area contributed by atoms with Gasteiger partial charge in [0.1, 0.15) is 0 Å². The molecule has 3 heteroatoms. The maximum Gasteiger partial charge on any atom is 0.0938 e. The predicted octanol–water partition coefficient (Wildman–Crippen LogP) is -1.35. The van der Waals surface area contributed by atoms with Crippen molar-refractivity contribution in [1.82, 2.24) is 4.90 Å². The fraction of sp³-hybridized carbons (Fsp3) is 1.00. The summed E-state index contributed by atoms with van der Waals surface area (Å²) in [6, 6.07) is 0. The summed E-state index contributed by atoms with van der Waals surface area (Å²) in [5, 5.41) is 17.8. The first-order valence-electron chi connectivity index (χ1n) is 2.75. The number of likely N-dealkylation sites (tertiary alicyclic amines) is 1. The molecule has 48 valence electrons. The van der Waals surface area contributed by atoms with Gasteiger partial charge in [-0.2, -0.15) is 0 Å². The standard InChI is InChI=1S/C5H11NO2/c1-6-2-4(7)5(8)3-6/h4-5,7-8H,2-3H2,1H3/t4-,5-/m1/s1. The molecule has 0 radical (unpaired) electrons. The molecular formula is C5H11NO2. The van der Waals surface area contributed by atoms with Gasteiger partial charge in [-0.25, -0.2) is 0 Å². The van der Waals surface area contributed by atoms with Gasteiger partial charge in [-0.05, 0) is 7.05 Å². The molecule has 0 aliphatic carbocycles. The molecule has 1 aliphatic heterocycles. The van der Waals surface area contributed by atoms with E-state index in [2.05, 4.69) is 0 Å². The molecule has 0 unspecified atom stereocenters. The molecule has 1 heterocycles. The van der Waals surface area contributed by atoms with Crippen LogP contribution in [0, 0.1) is 0 Å². The summed E-state index contributed by atoms with van der Waals surface area (Å²) < 4.78 is 0. The molecule has 1 fully saturated rings. The fourth-order valence-electron chi connectivity index (χ4n) is 0.957. The van der Waals surface area contributed by atoms with E-state index >= 15 is 0 Å². The lowest BCUT2D eigenvalue weighted by atomic mass is 10.3. The van der Waals surface area contributed by atoms with Crippen molar-refractivity contribution in [1.29, 1.82) is 0 Å². The maximum atomic E-state index is 8.88. The van der Waals surface area contributed by atoms with Crippen molar-refractivity contribution in [3.05, 3.63) is 0 Å². The molecule has 1 saturated heterocycles. The molecule has 0 bridgehead atoms. The molecule has 0 amide bonds. The molecule has 0 aromatic carbocycles. The van der Waals surface area contributed by atoms with E-state index in [1.165, 1.54) is 0 Å². The van der Waals surface area contributed by atoms with Crippen LogP contribution in [0.2, 0.25) is 0 Å². The number of nitrogens with zero attached hydrogens (tertiary/aromatic N) is 1. The van der Waals surface area contributed by atoms with E-state index in [9.17, 15) is 0 Å². The smallest absolute Gasteiger partial charge is 0.0938 e. The minimum Gasteiger partial charge on any atom is -0.389 e. The van der Waals surface area contributed by atoms with Crippen molar-refractivity contribution in [2.24, 2.45) is 0 Å². The van der Waals surface area contributed by atoms with Gasteiger partial charge >= 0.3 is 0 Å². The van der Waals surface area contributed by atoms with E-state index < -0.39 is 12.2 Å². The van der Waals surface area contributed by atoms with E-state index in [0.29, 0.717) is 13.1 Å². The Hall–Kier alpha value is -0.120. The summed E-state index contributed by atoms with van der Waals surface area (Å²) in [7, 11) is 1.87.